The largest absolute Gasteiger partial charge is 0.496 e. The van der Waals surface area contributed by atoms with E-state index >= 15 is 0 Å². The first kappa shape index (κ1) is 16.3. The summed E-state index contributed by atoms with van der Waals surface area (Å²) in [5.41, 5.74) is -0.474. The van der Waals surface area contributed by atoms with Crippen molar-refractivity contribution in [3.05, 3.63) is 60.5 Å². The van der Waals surface area contributed by atoms with Gasteiger partial charge in [-0.1, -0.05) is 5.16 Å². The molecule has 1 heterocycles. The molecule has 26 heavy (non-hydrogen) atoms. The van der Waals surface area contributed by atoms with Crippen molar-refractivity contribution < 1.29 is 18.8 Å². The highest BCUT2D eigenvalue weighted by Crippen LogP contribution is 2.29. The van der Waals surface area contributed by atoms with E-state index in [1.54, 1.807) is 12.1 Å². The lowest BCUT2D eigenvalue weighted by molar-refractivity contribution is 0.0971. The topological polar surface area (TPSA) is 95.7 Å². The molecule has 0 amide bonds. The molecule has 3 aliphatic rings. The fourth-order valence-corrected chi connectivity index (χ4v) is 3.57. The third-order valence-corrected chi connectivity index (χ3v) is 4.74. The Kier molecular flexibility index (Phi) is 3.72. The Balaban J connectivity index is 2.42. The number of aromatic nitrogens is 1. The molecular formula is C19H15NO6. The second-order valence-electron chi connectivity index (χ2n) is 6.09. The maximum atomic E-state index is 13.3. The van der Waals surface area contributed by atoms with Crippen LogP contribution in [0.5, 0.6) is 11.5 Å². The number of fused-ring (bicyclic) bond motifs is 3. The van der Waals surface area contributed by atoms with Gasteiger partial charge in [-0.05, 0) is 30.5 Å². The zero-order chi connectivity index (χ0) is 18.4. The van der Waals surface area contributed by atoms with Crippen molar-refractivity contribution in [3.8, 4) is 11.5 Å². The molecule has 0 aromatic heterocycles. The predicted octanol–water partition coefficient (Wildman–Crippen LogP) is 1.81. The van der Waals surface area contributed by atoms with Crippen molar-refractivity contribution in [3.63, 3.8) is 0 Å². The number of ketones is 1. The Morgan fingerprint density at radius 2 is 1.62 bits per heavy atom. The van der Waals surface area contributed by atoms with Gasteiger partial charge < -0.3 is 14.0 Å². The molecule has 0 radical (unpaired) electrons. The molecule has 0 saturated heterocycles. The van der Waals surface area contributed by atoms with Crippen LogP contribution in [0.15, 0.2) is 32.4 Å². The number of carbonyl (C=O) groups excluding carboxylic acids is 1. The highest BCUT2D eigenvalue weighted by molar-refractivity contribution is 6.00. The summed E-state index contributed by atoms with van der Waals surface area (Å²) in [5, 5.41) is 3.88. The van der Waals surface area contributed by atoms with Crippen molar-refractivity contribution >= 4 is 16.6 Å². The van der Waals surface area contributed by atoms with E-state index in [4.69, 9.17) is 14.0 Å². The maximum absolute atomic E-state index is 13.3. The van der Waals surface area contributed by atoms with Crippen LogP contribution in [0.2, 0.25) is 0 Å². The van der Waals surface area contributed by atoms with Gasteiger partial charge in [0.15, 0.2) is 5.78 Å². The van der Waals surface area contributed by atoms with E-state index < -0.39 is 10.9 Å². The van der Waals surface area contributed by atoms with Crippen LogP contribution in [0.25, 0.3) is 10.8 Å². The average Bonchev–Trinajstić information content (AvgIpc) is 2.85. The fourth-order valence-electron chi connectivity index (χ4n) is 3.57. The van der Waals surface area contributed by atoms with Gasteiger partial charge in [0, 0.05) is 12.0 Å². The first-order chi connectivity index (χ1) is 12.6. The van der Waals surface area contributed by atoms with E-state index in [1.165, 1.54) is 20.4 Å². The molecule has 1 aromatic carbocycles. The summed E-state index contributed by atoms with van der Waals surface area (Å²) in [6, 6.07) is 3.10. The number of Topliss-reactive ketones (excluding diaryl/α,β-unsaturated/α-hetero) is 1. The third-order valence-electron chi connectivity index (χ3n) is 4.74. The van der Waals surface area contributed by atoms with Crippen LogP contribution in [0.4, 0.5) is 0 Å². The maximum Gasteiger partial charge on any atom is 0.236 e. The van der Waals surface area contributed by atoms with Gasteiger partial charge in [-0.2, -0.15) is 0 Å². The van der Waals surface area contributed by atoms with Crippen LogP contribution in [-0.4, -0.2) is 25.2 Å². The molecule has 7 heteroatoms. The fraction of sp³-hybridized carbons (Fsp3) is 0.263. The lowest BCUT2D eigenvalue weighted by Gasteiger charge is -2.12. The van der Waals surface area contributed by atoms with E-state index in [0.29, 0.717) is 24.8 Å². The number of rotatable bonds is 2. The van der Waals surface area contributed by atoms with E-state index in [0.717, 1.165) is 0 Å². The van der Waals surface area contributed by atoms with Crippen LogP contribution in [0.3, 0.4) is 0 Å². The van der Waals surface area contributed by atoms with Gasteiger partial charge in [0.2, 0.25) is 16.3 Å². The molecule has 0 saturated carbocycles. The van der Waals surface area contributed by atoms with Gasteiger partial charge in [-0.15, -0.1) is 0 Å². The Morgan fingerprint density at radius 3 is 2.27 bits per heavy atom. The summed E-state index contributed by atoms with van der Waals surface area (Å²) < 4.78 is 15.8. The zero-order valence-electron chi connectivity index (χ0n) is 14.3. The number of hydrogen-bond acceptors (Lipinski definition) is 7. The molecule has 2 aliphatic carbocycles. The lowest BCUT2D eigenvalue weighted by atomic mass is 9.90. The van der Waals surface area contributed by atoms with E-state index in [2.05, 4.69) is 5.16 Å². The van der Waals surface area contributed by atoms with Crippen LogP contribution in [-0.2, 0) is 6.42 Å². The average molecular weight is 353 g/mol. The quantitative estimate of drug-likeness (QED) is 0.693. The minimum absolute atomic E-state index is 0.0359. The molecule has 0 atom stereocenters. The number of nitrogens with zero attached hydrogens (tertiary/aromatic N) is 1. The molecule has 0 bridgehead atoms. The van der Waals surface area contributed by atoms with Gasteiger partial charge in [0.05, 0.1) is 36.4 Å². The molecule has 1 aliphatic heterocycles. The Bertz CT molecular complexity index is 1240. The molecule has 132 valence electrons. The summed E-state index contributed by atoms with van der Waals surface area (Å²) in [6.45, 7) is 0. The summed E-state index contributed by atoms with van der Waals surface area (Å²) in [6.07, 6.45) is 2.98. The second kappa shape index (κ2) is 5.94. The molecule has 4 rings (SSSR count). The van der Waals surface area contributed by atoms with Crippen molar-refractivity contribution in [2.24, 2.45) is 0 Å². The predicted molar refractivity (Wildman–Crippen MR) is 92.2 cm³/mol. The van der Waals surface area contributed by atoms with Crippen molar-refractivity contribution in [1.29, 1.82) is 0 Å². The van der Waals surface area contributed by atoms with Crippen LogP contribution in [0, 0.1) is 10.6 Å². The van der Waals surface area contributed by atoms with Crippen LogP contribution >= 0.6 is 0 Å². The monoisotopic (exact) mass is 353 g/mol. The van der Waals surface area contributed by atoms with Crippen LogP contribution < -0.4 is 20.3 Å². The summed E-state index contributed by atoms with van der Waals surface area (Å²) >= 11 is 0. The molecule has 0 unspecified atom stereocenters. The first-order valence-electron chi connectivity index (χ1n) is 8.14. The third kappa shape index (κ3) is 2.13. The van der Waals surface area contributed by atoms with Gasteiger partial charge in [-0.25, -0.2) is 0 Å². The Morgan fingerprint density at radius 1 is 0.962 bits per heavy atom. The molecule has 1 aromatic rings. The van der Waals surface area contributed by atoms with Crippen LogP contribution in [0.1, 0.15) is 28.8 Å². The standard InChI is InChI=1S/C19H15NO6/c1-24-11-6-7-12(25-2)15-14(11)17(22)16-13-9(4-3-5-10(13)21)8-20-26-19(16)18(15)23/h6-8H,3-5H2,1-2H3. The Labute approximate surface area is 146 Å². The highest BCUT2D eigenvalue weighted by atomic mass is 16.5. The normalized spacial score (nSPS) is 13.7. The smallest absolute Gasteiger partial charge is 0.236 e. The van der Waals surface area contributed by atoms with Gasteiger partial charge in [0.1, 0.15) is 11.5 Å². The van der Waals surface area contributed by atoms with Gasteiger partial charge >= 0.3 is 0 Å². The SMILES string of the molecule is COc1ccc(OC)c2c(=O)c3c4c(cnoc=3c(=O)c12)CCCC4=O. The van der Waals surface area contributed by atoms with Crippen molar-refractivity contribution in [1.82, 2.24) is 5.16 Å². The molecule has 0 N–H and O–H groups in total. The zero-order valence-corrected chi connectivity index (χ0v) is 14.3. The molecule has 0 fully saturated rings. The number of aryl methyl sites for hydroxylation is 1. The first-order valence-corrected chi connectivity index (χ1v) is 8.14. The molecule has 7 nitrogen and oxygen atoms in total. The number of hydrogen-bond donors (Lipinski definition) is 0. The Hall–Kier alpha value is -3.22. The number of carbonyl (C=O) groups is 1. The highest BCUT2D eigenvalue weighted by Gasteiger charge is 2.25. The number of benzene rings is 1. The summed E-state index contributed by atoms with van der Waals surface area (Å²) in [5.74, 6) is 0.273. The van der Waals surface area contributed by atoms with Crippen molar-refractivity contribution in [2.45, 2.75) is 19.3 Å². The summed E-state index contributed by atoms with van der Waals surface area (Å²) in [7, 11) is 2.81. The second-order valence-corrected chi connectivity index (χ2v) is 6.09. The van der Waals surface area contributed by atoms with E-state index in [-0.39, 0.29) is 44.3 Å². The van der Waals surface area contributed by atoms with Crippen molar-refractivity contribution in [2.75, 3.05) is 14.2 Å². The lowest BCUT2D eigenvalue weighted by Crippen LogP contribution is -2.21. The van der Waals surface area contributed by atoms with E-state index in [1.807, 2.05) is 0 Å². The minimum atomic E-state index is -0.561. The molecular weight excluding hydrogens is 338 g/mol. The summed E-state index contributed by atoms with van der Waals surface area (Å²) in [4.78, 5) is 39.0. The van der Waals surface area contributed by atoms with Gasteiger partial charge in [0.25, 0.3) is 0 Å². The minimum Gasteiger partial charge on any atom is -0.496 e. The number of methoxy groups -OCH3 is 2. The number of ether oxygens (including phenoxy) is 2. The van der Waals surface area contributed by atoms with E-state index in [9.17, 15) is 14.4 Å². The van der Waals surface area contributed by atoms with Gasteiger partial charge in [-0.3, -0.25) is 14.4 Å². The molecule has 0 spiro atoms.